The van der Waals surface area contributed by atoms with Gasteiger partial charge < -0.3 is 27.0 Å². The molecule has 758 valence electrons. The van der Waals surface area contributed by atoms with E-state index >= 15 is 0 Å². The van der Waals surface area contributed by atoms with Crippen LogP contribution in [0.2, 0.25) is 0 Å². The number of para-hydroxylation sites is 4. The zero-order valence-electron chi connectivity index (χ0n) is 84.3. The van der Waals surface area contributed by atoms with Crippen molar-refractivity contribution in [1.29, 1.82) is 0 Å². The number of carbonyl (C=O) groups is 4. The van der Waals surface area contributed by atoms with Crippen molar-refractivity contribution >= 4 is 111 Å². The summed E-state index contributed by atoms with van der Waals surface area (Å²) in [6.45, 7) is 8.08. The number of hydrogen-bond acceptors (Lipinski definition) is 23. The molecule has 0 spiro atoms. The number of amides is 4. The van der Waals surface area contributed by atoms with Crippen molar-refractivity contribution in [3.8, 4) is 33.8 Å². The number of amidine groups is 1. The van der Waals surface area contributed by atoms with Crippen molar-refractivity contribution in [2.75, 3.05) is 65.4 Å². The van der Waals surface area contributed by atoms with Gasteiger partial charge in [-0.15, -0.1) is 0 Å². The molecule has 4 aliphatic carbocycles. The van der Waals surface area contributed by atoms with Gasteiger partial charge in [0.05, 0.1) is 96.3 Å². The van der Waals surface area contributed by atoms with Crippen molar-refractivity contribution < 1.29 is 32.3 Å². The number of halogens is 3. The van der Waals surface area contributed by atoms with Crippen molar-refractivity contribution in [3.05, 3.63) is 346 Å². The van der Waals surface area contributed by atoms with E-state index in [4.69, 9.17) is 41.0 Å². The van der Waals surface area contributed by atoms with Gasteiger partial charge >= 0.3 is 6.18 Å². The molecule has 34 heteroatoms. The molecule has 31 nitrogen and oxygen atoms in total. The lowest BCUT2D eigenvalue weighted by atomic mass is 10.1. The van der Waals surface area contributed by atoms with Crippen LogP contribution in [-0.4, -0.2) is 205 Å². The summed E-state index contributed by atoms with van der Waals surface area (Å²) < 4.78 is 44.6. The molecule has 4 fully saturated rings. The maximum Gasteiger partial charge on any atom is 0.416 e. The molecule has 8 atom stereocenters. The molecule has 14 aromatic rings. The average Bonchev–Trinajstić information content (AvgIpc) is 1.56. The number of hydrogen-bond donors (Lipinski definition) is 5. The van der Waals surface area contributed by atoms with Crippen molar-refractivity contribution in [2.24, 2.45) is 30.7 Å². The van der Waals surface area contributed by atoms with Crippen LogP contribution >= 0.6 is 0 Å². The summed E-state index contributed by atoms with van der Waals surface area (Å²) in [7, 11) is 7.14. The van der Waals surface area contributed by atoms with Crippen molar-refractivity contribution in [1.82, 2.24) is 74.1 Å². The molecule has 0 radical (unpaired) electrons. The molecule has 14 heterocycles. The molecule has 6 N–H and O–H groups in total. The second kappa shape index (κ2) is 40.2. The molecule has 8 aliphatic heterocycles. The molecule has 12 aliphatic rings. The molecule has 150 heavy (non-hydrogen) atoms. The van der Waals surface area contributed by atoms with Gasteiger partial charge in [0.25, 0.3) is 23.6 Å². The monoisotopic (exact) mass is 2010 g/mol. The first-order valence-corrected chi connectivity index (χ1v) is 51.4. The quantitative estimate of drug-likeness (QED) is 0.0330. The van der Waals surface area contributed by atoms with E-state index in [1.807, 2.05) is 208 Å². The molecule has 4 amide bonds. The maximum atomic E-state index is 13.7. The molecule has 0 bridgehead atoms. The Morgan fingerprint density at radius 2 is 0.787 bits per heavy atom. The third-order valence-corrected chi connectivity index (χ3v) is 30.1. The summed E-state index contributed by atoms with van der Waals surface area (Å²) in [6.07, 6.45) is 12.6. The van der Waals surface area contributed by atoms with Gasteiger partial charge in [0.1, 0.15) is 51.4 Å². The summed E-state index contributed by atoms with van der Waals surface area (Å²) >= 11 is 0. The Hall–Kier alpha value is -17.2. The number of nitrogens with zero attached hydrogens (tertiary/aromatic N) is 22. The van der Waals surface area contributed by atoms with E-state index < -0.39 is 11.7 Å². The Morgan fingerprint density at radius 1 is 0.393 bits per heavy atom. The van der Waals surface area contributed by atoms with Crippen LogP contribution in [0.1, 0.15) is 153 Å². The molecule has 0 saturated heterocycles. The van der Waals surface area contributed by atoms with Crippen molar-refractivity contribution in [2.45, 2.75) is 178 Å². The lowest BCUT2D eigenvalue weighted by molar-refractivity contribution is -0.137. The number of carbonyl (C=O) groups excluding carboxylic acids is 4. The number of aromatic nitrogens is 9. The minimum atomic E-state index is -4.37. The Morgan fingerprint density at radius 3 is 1.23 bits per heavy atom. The van der Waals surface area contributed by atoms with Gasteiger partial charge in [0.15, 0.2) is 17.5 Å². The summed E-state index contributed by atoms with van der Waals surface area (Å²) in [5.41, 5.74) is 24.5. The van der Waals surface area contributed by atoms with Gasteiger partial charge in [-0.25, -0.2) is 39.0 Å². The summed E-state index contributed by atoms with van der Waals surface area (Å²) in [6, 6.07) is 85.2. The second-order valence-corrected chi connectivity index (χ2v) is 40.1. The Kier molecular flexibility index (Phi) is 25.8. The van der Waals surface area contributed by atoms with Gasteiger partial charge in [-0.1, -0.05) is 176 Å². The number of anilines is 9. The van der Waals surface area contributed by atoms with E-state index in [0.29, 0.717) is 90.0 Å². The zero-order chi connectivity index (χ0) is 103. The van der Waals surface area contributed by atoms with E-state index in [9.17, 15) is 32.3 Å². The standard InChI is InChI=1S/3C30H29N7O.C26H27F3N6O/c1-19-8-6-11-23(31-19)21-16-14-20(15-17-21)18-36-28-26(27(34-36)32-22-9-4-3-5-10-22)29(38)35(2)30-33-24-12-7-13-25(24)37(28)30;1-19-11-16-23(31-17-19)21-14-12-20(13-15-21)18-36-27(32-22-7-4-3-5-8-22)26-28(34-36)37-25-10-6-9-24(25)33-30(37)35(2)29(26)38;1-19-11-16-23(31-17-19)21-14-12-20(13-15-21)18-36-28-26(27(34-36)32-22-7-4-3-5-8-22)29(38)35(2)30-33-24-9-6-10-25(24)37(28)30;1-34-24(36)21(22(30)32-18-6-3-2-4-7-18)23(35-20-9-5-8-19(20)33-25(34)35)31-15-14-16-10-12-17(13-11-16)26(27,28)29/h3-6,8-11,14-17,24-25H,7,12-13,18H2,1-2H3,(H,32,34);3-5,7-8,11-17,24-25,32H,6,9-10,18H2,1-2H3;3-5,7-8,11-17,24-25H,6,9-10,18H2,1-2H3,(H,32,34);2-4,6-7,10-13,19-20,31H,5,8-9,14-15H2,1H3,(H2,30,32)/t3*24-,25+;19-,20+/m1111/s1. The van der Waals surface area contributed by atoms with E-state index in [-0.39, 0.29) is 83.4 Å². The fraction of sp³-hybridized carbons (Fsp3) is 0.284. The van der Waals surface area contributed by atoms with Crippen LogP contribution in [-0.2, 0) is 37.0 Å². The van der Waals surface area contributed by atoms with Gasteiger partial charge in [0.2, 0.25) is 23.8 Å². The third-order valence-electron chi connectivity index (χ3n) is 30.1. The Balaban J connectivity index is 0.000000110. The maximum absolute atomic E-state index is 13.7. The van der Waals surface area contributed by atoms with Gasteiger partial charge in [0, 0.05) is 86.6 Å². The van der Waals surface area contributed by atoms with Gasteiger partial charge in [-0.05, 0) is 223 Å². The number of benzene rings is 8. The summed E-state index contributed by atoms with van der Waals surface area (Å²) in [5, 5.41) is 28.7. The number of guanidine groups is 4. The van der Waals surface area contributed by atoms with Crippen LogP contribution in [0.25, 0.3) is 33.8 Å². The molecule has 0 unspecified atom stereocenters. The number of pyridine rings is 3. The molecule has 6 aromatic heterocycles. The smallest absolute Gasteiger partial charge is 0.383 e. The first-order valence-electron chi connectivity index (χ1n) is 51.4. The fourth-order valence-corrected chi connectivity index (χ4v) is 22.5. The number of rotatable bonds is 21. The highest BCUT2D eigenvalue weighted by atomic mass is 19.4. The van der Waals surface area contributed by atoms with Crippen LogP contribution in [0.3, 0.4) is 0 Å². The molecule has 8 aromatic carbocycles. The predicted molar refractivity (Wildman–Crippen MR) is 578 cm³/mol. The van der Waals surface area contributed by atoms with Gasteiger partial charge in [-0.2, -0.15) is 28.5 Å². The molecule has 26 rings (SSSR count). The topological polar surface area (TPSA) is 322 Å². The van der Waals surface area contributed by atoms with Crippen LogP contribution in [0, 0.1) is 20.8 Å². The normalized spacial score (nSPS) is 20.3. The number of fused-ring (bicyclic) bond motifs is 18. The minimum absolute atomic E-state index is 0.0828. The van der Waals surface area contributed by atoms with Crippen LogP contribution in [0.5, 0.6) is 0 Å². The number of aliphatic imine (C=N–C) groups is 5. The van der Waals surface area contributed by atoms with Gasteiger partial charge in [-0.3, -0.25) is 73.3 Å². The first kappa shape index (κ1) is 96.3. The third kappa shape index (κ3) is 18.5. The highest BCUT2D eigenvalue weighted by Gasteiger charge is 2.55. The van der Waals surface area contributed by atoms with Crippen molar-refractivity contribution in [3.63, 3.8) is 0 Å². The highest BCUT2D eigenvalue weighted by Crippen LogP contribution is 2.49. The van der Waals surface area contributed by atoms with Crippen LogP contribution in [0.4, 0.5) is 70.8 Å². The predicted octanol–water partition coefficient (Wildman–Crippen LogP) is 19.5. The Bertz CT molecular complexity index is 7670. The lowest BCUT2D eigenvalue weighted by Gasteiger charge is -2.38. The molecular formula is C116H114F3N27O4. The Labute approximate surface area is 866 Å². The molecular weight excluding hydrogens is 1890 g/mol. The summed E-state index contributed by atoms with van der Waals surface area (Å²) in [5.74, 6) is 7.11. The van der Waals surface area contributed by atoms with Crippen LogP contribution < -0.4 is 41.7 Å². The van der Waals surface area contributed by atoms with E-state index in [1.165, 1.54) is 17.0 Å². The van der Waals surface area contributed by atoms with Crippen LogP contribution in [0.15, 0.2) is 310 Å². The van der Waals surface area contributed by atoms with E-state index in [0.717, 1.165) is 209 Å². The number of nitrogens with one attached hydrogen (secondary N) is 4. The minimum Gasteiger partial charge on any atom is -0.383 e. The van der Waals surface area contributed by atoms with E-state index in [1.54, 1.807) is 33.9 Å². The number of aryl methyl sites for hydroxylation is 3. The molecule has 4 saturated carbocycles. The largest absolute Gasteiger partial charge is 0.416 e. The highest BCUT2D eigenvalue weighted by molar-refractivity contribution is 6.27. The fourth-order valence-electron chi connectivity index (χ4n) is 22.5. The SMILES string of the molecule is CN1C(=O)C(C(N)=Nc2ccccc2)=C(NCCc2ccc(C(F)(F)F)cc2)N2C1=N[C@@H]1CCC[C@@H]12.Cc1ccc(-c2ccc(Cn3nc(Nc4ccccc4)c4c3N3C(=N[C@@H]5CCC[C@@H]53)N(C)C4=O)cc2)nc1.Cc1ccc(-c2ccc(Cn3nc4c(c3Nc3ccccc3)C(=O)N(C)C3=N[C@@H]5CCC[C@@H]5N34)cc2)nc1.Cc1cccc(-c2ccc(Cn3nc(Nc4ccccc4)c4c3N3C(=N[C@@H]5CCC[C@@H]53)N(C)C4=O)cc2)n1. The number of nitrogens with two attached hydrogens (primary N) is 1. The number of likely N-dealkylation sites (N-methyl/N-ethyl adjacent to an activating group) is 1. The number of alkyl halides is 3. The van der Waals surface area contributed by atoms with E-state index in [2.05, 4.69) is 146 Å². The average molecular weight is 2010 g/mol. The second-order valence-electron chi connectivity index (χ2n) is 40.1. The summed E-state index contributed by atoms with van der Waals surface area (Å²) in [4.78, 5) is 108. The lowest BCUT2D eigenvalue weighted by Crippen LogP contribution is -2.56. The first-order chi connectivity index (χ1) is 72.9. The zero-order valence-corrected chi connectivity index (χ0v) is 84.3.